The highest BCUT2D eigenvalue weighted by Crippen LogP contribution is 2.21. The van der Waals surface area contributed by atoms with Crippen molar-refractivity contribution in [3.63, 3.8) is 0 Å². The number of rotatable bonds is 3. The lowest BCUT2D eigenvalue weighted by molar-refractivity contribution is 0.00993. The minimum absolute atomic E-state index is 0.0371. The van der Waals surface area contributed by atoms with Crippen molar-refractivity contribution >= 4 is 17.4 Å². The molecule has 1 unspecified atom stereocenters. The number of carbonyl (C=O) groups excluding carboxylic acids is 1. The van der Waals surface area contributed by atoms with Gasteiger partial charge in [0.1, 0.15) is 4.88 Å². The number of aryl methyl sites for hydroxylation is 1. The Kier molecular flexibility index (Phi) is 3.98. The predicted octanol–water partition coefficient (Wildman–Crippen LogP) is 2.06. The second-order valence-electron chi connectivity index (χ2n) is 5.28. The summed E-state index contributed by atoms with van der Waals surface area (Å²) in [6.07, 6.45) is 0.878. The summed E-state index contributed by atoms with van der Waals surface area (Å²) < 4.78 is 9.67. The van der Waals surface area contributed by atoms with E-state index in [1.54, 1.807) is 18.9 Å². The Hall–Kier alpha value is -1.79. The largest absolute Gasteiger partial charge is 0.371 e. The summed E-state index contributed by atoms with van der Waals surface area (Å²) in [5, 5.41) is 3.89. The predicted molar refractivity (Wildman–Crippen MR) is 80.3 cm³/mol. The molecular weight excluding hydrogens is 286 g/mol. The summed E-state index contributed by atoms with van der Waals surface area (Å²) in [5.74, 6) is -0.0371. The number of hydrogen-bond acceptors (Lipinski definition) is 5. The standard InChI is InChI=1S/C15H17N3O2S/c1-10-14(21-17-16-10)15(19)18(2)8-13-7-11-5-3-4-6-12(11)9-20-13/h3-6,13H,7-9H2,1-2H3. The Balaban J connectivity index is 1.65. The summed E-state index contributed by atoms with van der Waals surface area (Å²) in [7, 11) is 1.80. The number of ether oxygens (including phenoxy) is 1. The summed E-state index contributed by atoms with van der Waals surface area (Å²) in [4.78, 5) is 14.6. The fourth-order valence-corrected chi connectivity index (χ4v) is 3.17. The van der Waals surface area contributed by atoms with Gasteiger partial charge in [-0.2, -0.15) is 0 Å². The summed E-state index contributed by atoms with van der Waals surface area (Å²) >= 11 is 1.14. The van der Waals surface area contributed by atoms with Crippen molar-refractivity contribution in [3.8, 4) is 0 Å². The first kappa shape index (κ1) is 14.2. The van der Waals surface area contributed by atoms with Gasteiger partial charge >= 0.3 is 0 Å². The van der Waals surface area contributed by atoms with Crippen LogP contribution in [-0.2, 0) is 17.8 Å². The highest BCUT2D eigenvalue weighted by Gasteiger charge is 2.24. The molecule has 3 rings (SSSR count). The molecule has 1 atom stereocenters. The van der Waals surface area contributed by atoms with Gasteiger partial charge in [0.05, 0.1) is 18.4 Å². The van der Waals surface area contributed by atoms with E-state index >= 15 is 0 Å². The van der Waals surface area contributed by atoms with E-state index in [-0.39, 0.29) is 12.0 Å². The maximum absolute atomic E-state index is 12.3. The van der Waals surface area contributed by atoms with Crippen molar-refractivity contribution in [3.05, 3.63) is 46.0 Å². The normalized spacial score (nSPS) is 17.3. The van der Waals surface area contributed by atoms with Crippen LogP contribution in [0.15, 0.2) is 24.3 Å². The lowest BCUT2D eigenvalue weighted by Crippen LogP contribution is -2.38. The smallest absolute Gasteiger partial charge is 0.267 e. The lowest BCUT2D eigenvalue weighted by atomic mass is 9.99. The fourth-order valence-electron chi connectivity index (χ4n) is 2.52. The SMILES string of the molecule is Cc1nnsc1C(=O)N(C)CC1Cc2ccccc2CO1. The van der Waals surface area contributed by atoms with Crippen molar-refractivity contribution in [2.24, 2.45) is 0 Å². The molecule has 0 saturated heterocycles. The highest BCUT2D eigenvalue weighted by molar-refractivity contribution is 7.07. The van der Waals surface area contributed by atoms with E-state index in [2.05, 4.69) is 21.7 Å². The topological polar surface area (TPSA) is 55.3 Å². The molecule has 2 aromatic rings. The van der Waals surface area contributed by atoms with Gasteiger partial charge in [-0.05, 0) is 29.6 Å². The van der Waals surface area contributed by atoms with Crippen LogP contribution in [0, 0.1) is 6.92 Å². The number of benzene rings is 1. The van der Waals surface area contributed by atoms with E-state index in [4.69, 9.17) is 4.74 Å². The number of amides is 1. The van der Waals surface area contributed by atoms with E-state index in [0.29, 0.717) is 23.7 Å². The van der Waals surface area contributed by atoms with Gasteiger partial charge in [0, 0.05) is 20.0 Å². The fraction of sp³-hybridized carbons (Fsp3) is 0.400. The molecule has 1 aliphatic heterocycles. The molecule has 5 nitrogen and oxygen atoms in total. The van der Waals surface area contributed by atoms with Crippen LogP contribution < -0.4 is 0 Å². The zero-order valence-electron chi connectivity index (χ0n) is 12.1. The first-order valence-electron chi connectivity index (χ1n) is 6.88. The zero-order valence-corrected chi connectivity index (χ0v) is 12.9. The van der Waals surface area contributed by atoms with Crippen molar-refractivity contribution in [2.45, 2.75) is 26.1 Å². The van der Waals surface area contributed by atoms with Gasteiger partial charge in [-0.15, -0.1) is 5.10 Å². The molecule has 1 aromatic heterocycles. The molecule has 110 valence electrons. The molecule has 0 N–H and O–H groups in total. The molecule has 21 heavy (non-hydrogen) atoms. The van der Waals surface area contributed by atoms with E-state index in [1.165, 1.54) is 11.1 Å². The van der Waals surface area contributed by atoms with E-state index < -0.39 is 0 Å². The molecule has 0 saturated carbocycles. The number of aromatic nitrogens is 2. The second kappa shape index (κ2) is 5.91. The molecule has 0 bridgehead atoms. The molecule has 1 aliphatic rings. The molecule has 1 amide bonds. The molecule has 0 spiro atoms. The third-order valence-corrected chi connectivity index (χ3v) is 4.53. The third kappa shape index (κ3) is 2.96. The average molecular weight is 303 g/mol. The van der Waals surface area contributed by atoms with Crippen LogP contribution in [0.2, 0.25) is 0 Å². The number of hydrogen-bond donors (Lipinski definition) is 0. The van der Waals surface area contributed by atoms with Crippen LogP contribution in [0.4, 0.5) is 0 Å². The quantitative estimate of drug-likeness (QED) is 0.871. The van der Waals surface area contributed by atoms with Crippen molar-refractivity contribution in [1.29, 1.82) is 0 Å². The molecular formula is C15H17N3O2S. The number of likely N-dealkylation sites (N-methyl/N-ethyl adjacent to an activating group) is 1. The van der Waals surface area contributed by atoms with E-state index in [1.807, 2.05) is 12.1 Å². The minimum atomic E-state index is -0.0371. The molecule has 0 radical (unpaired) electrons. The average Bonchev–Trinajstić information content (AvgIpc) is 2.92. The van der Waals surface area contributed by atoms with Crippen molar-refractivity contribution < 1.29 is 9.53 Å². The first-order chi connectivity index (χ1) is 10.1. The van der Waals surface area contributed by atoms with Gasteiger partial charge in [-0.1, -0.05) is 28.8 Å². The molecule has 2 heterocycles. The third-order valence-electron chi connectivity index (χ3n) is 3.71. The Morgan fingerprint density at radius 3 is 2.90 bits per heavy atom. The van der Waals surface area contributed by atoms with Crippen molar-refractivity contribution in [2.75, 3.05) is 13.6 Å². The summed E-state index contributed by atoms with van der Waals surface area (Å²) in [6.45, 7) is 2.99. The van der Waals surface area contributed by atoms with E-state index in [9.17, 15) is 4.79 Å². The van der Waals surface area contributed by atoms with Gasteiger partial charge in [-0.25, -0.2) is 0 Å². The van der Waals surface area contributed by atoms with Crippen LogP contribution in [0.1, 0.15) is 26.5 Å². The molecule has 6 heteroatoms. The molecule has 0 aliphatic carbocycles. The van der Waals surface area contributed by atoms with Gasteiger partial charge in [0.15, 0.2) is 0 Å². The molecule has 1 aromatic carbocycles. The Labute approximate surface area is 127 Å². The monoisotopic (exact) mass is 303 g/mol. The van der Waals surface area contributed by atoms with Crippen LogP contribution in [-0.4, -0.2) is 40.1 Å². The number of carbonyl (C=O) groups is 1. The number of fused-ring (bicyclic) bond motifs is 1. The van der Waals surface area contributed by atoms with Crippen LogP contribution in [0.3, 0.4) is 0 Å². The van der Waals surface area contributed by atoms with Crippen LogP contribution >= 0.6 is 11.5 Å². The van der Waals surface area contributed by atoms with E-state index in [0.717, 1.165) is 18.0 Å². The highest BCUT2D eigenvalue weighted by atomic mass is 32.1. The Morgan fingerprint density at radius 2 is 2.19 bits per heavy atom. The van der Waals surface area contributed by atoms with Gasteiger partial charge in [0.25, 0.3) is 5.91 Å². The van der Waals surface area contributed by atoms with Crippen LogP contribution in [0.5, 0.6) is 0 Å². The maximum Gasteiger partial charge on any atom is 0.267 e. The second-order valence-corrected chi connectivity index (χ2v) is 6.03. The Morgan fingerprint density at radius 1 is 1.43 bits per heavy atom. The summed E-state index contributed by atoms with van der Waals surface area (Å²) in [6, 6.07) is 8.29. The van der Waals surface area contributed by atoms with Crippen molar-refractivity contribution in [1.82, 2.24) is 14.5 Å². The van der Waals surface area contributed by atoms with Crippen LogP contribution in [0.25, 0.3) is 0 Å². The van der Waals surface area contributed by atoms with Gasteiger partial charge in [-0.3, -0.25) is 4.79 Å². The summed E-state index contributed by atoms with van der Waals surface area (Å²) in [5.41, 5.74) is 3.24. The zero-order chi connectivity index (χ0) is 14.8. The maximum atomic E-state index is 12.3. The van der Waals surface area contributed by atoms with Gasteiger partial charge in [0.2, 0.25) is 0 Å². The lowest BCUT2D eigenvalue weighted by Gasteiger charge is -2.28. The Bertz CT molecular complexity index is 656. The number of nitrogens with zero attached hydrogens (tertiary/aromatic N) is 3. The van der Waals surface area contributed by atoms with Gasteiger partial charge < -0.3 is 9.64 Å². The first-order valence-corrected chi connectivity index (χ1v) is 7.65. The molecule has 0 fully saturated rings. The minimum Gasteiger partial charge on any atom is -0.371 e.